The van der Waals surface area contributed by atoms with Gasteiger partial charge in [-0.2, -0.15) is 0 Å². The number of hydrogen-bond donors (Lipinski definition) is 0. The lowest BCUT2D eigenvalue weighted by molar-refractivity contribution is 0.0121. The summed E-state index contributed by atoms with van der Waals surface area (Å²) in [4.78, 5) is 5.11. The van der Waals surface area contributed by atoms with Gasteiger partial charge in [0.05, 0.1) is 6.10 Å². The number of rotatable bonds is 3. The molecule has 0 aliphatic carbocycles. The molecule has 2 heterocycles. The molecule has 0 aromatic carbocycles. The molecule has 1 unspecified atom stereocenters. The summed E-state index contributed by atoms with van der Waals surface area (Å²) in [5.74, 6) is 0.740. The maximum Gasteiger partial charge on any atom is 0.0702 e. The summed E-state index contributed by atoms with van der Waals surface area (Å²) in [6.07, 6.45) is 3.02. The van der Waals surface area contributed by atoms with Gasteiger partial charge >= 0.3 is 0 Å². The first-order valence-electron chi connectivity index (χ1n) is 6.71. The molecule has 0 bridgehead atoms. The molecule has 0 aromatic heterocycles. The van der Waals surface area contributed by atoms with Crippen LogP contribution in [-0.4, -0.2) is 61.8 Å². The van der Waals surface area contributed by atoms with Gasteiger partial charge < -0.3 is 9.64 Å². The van der Waals surface area contributed by atoms with Crippen LogP contribution in [0.5, 0.6) is 0 Å². The summed E-state index contributed by atoms with van der Waals surface area (Å²) in [5, 5.41) is 0. The predicted octanol–water partition coefficient (Wildman–Crippen LogP) is 1.44. The summed E-state index contributed by atoms with van der Waals surface area (Å²) >= 11 is 0. The van der Waals surface area contributed by atoms with E-state index in [2.05, 4.69) is 30.7 Å². The molecule has 0 aromatic rings. The summed E-state index contributed by atoms with van der Waals surface area (Å²) in [7, 11) is 2.23. The minimum Gasteiger partial charge on any atom is -0.377 e. The van der Waals surface area contributed by atoms with Crippen molar-refractivity contribution in [3.05, 3.63) is 0 Å². The Bertz CT molecular complexity index is 214. The van der Waals surface area contributed by atoms with Crippen LogP contribution in [0.15, 0.2) is 0 Å². The van der Waals surface area contributed by atoms with E-state index in [0.717, 1.165) is 19.1 Å². The fraction of sp³-hybridized carbons (Fsp3) is 1.00. The quantitative estimate of drug-likeness (QED) is 0.724. The van der Waals surface area contributed by atoms with Crippen molar-refractivity contribution in [2.24, 2.45) is 5.92 Å². The summed E-state index contributed by atoms with van der Waals surface area (Å²) in [6.45, 7) is 10.4. The van der Waals surface area contributed by atoms with Crippen molar-refractivity contribution in [1.82, 2.24) is 9.80 Å². The van der Waals surface area contributed by atoms with Crippen molar-refractivity contribution in [2.45, 2.75) is 38.8 Å². The molecule has 0 N–H and O–H groups in total. The summed E-state index contributed by atoms with van der Waals surface area (Å²) in [5.41, 5.74) is 0. The first-order chi connectivity index (χ1) is 7.66. The smallest absolute Gasteiger partial charge is 0.0702 e. The van der Waals surface area contributed by atoms with Crippen LogP contribution in [-0.2, 0) is 4.74 Å². The first kappa shape index (κ1) is 12.3. The van der Waals surface area contributed by atoms with Crippen molar-refractivity contribution in [1.29, 1.82) is 0 Å². The number of piperazine rings is 1. The van der Waals surface area contributed by atoms with Gasteiger partial charge in [-0.15, -0.1) is 0 Å². The second-order valence-corrected chi connectivity index (χ2v) is 5.70. The van der Waals surface area contributed by atoms with Gasteiger partial charge in [-0.25, -0.2) is 0 Å². The van der Waals surface area contributed by atoms with Crippen molar-refractivity contribution in [3.8, 4) is 0 Å². The maximum absolute atomic E-state index is 5.76. The van der Waals surface area contributed by atoms with E-state index in [1.54, 1.807) is 0 Å². The van der Waals surface area contributed by atoms with E-state index in [9.17, 15) is 0 Å². The lowest BCUT2D eigenvalue weighted by Crippen LogP contribution is -2.55. The minimum absolute atomic E-state index is 0.504. The molecule has 94 valence electrons. The van der Waals surface area contributed by atoms with Gasteiger partial charge in [0.15, 0.2) is 0 Å². The molecule has 0 amide bonds. The highest BCUT2D eigenvalue weighted by Crippen LogP contribution is 2.20. The van der Waals surface area contributed by atoms with E-state index in [0.29, 0.717) is 12.1 Å². The molecule has 0 spiro atoms. The topological polar surface area (TPSA) is 15.7 Å². The highest BCUT2D eigenvalue weighted by Gasteiger charge is 2.30. The van der Waals surface area contributed by atoms with E-state index in [-0.39, 0.29) is 0 Å². The first-order valence-corrected chi connectivity index (χ1v) is 6.71. The van der Waals surface area contributed by atoms with Crippen molar-refractivity contribution >= 4 is 0 Å². The fourth-order valence-electron chi connectivity index (χ4n) is 2.90. The fourth-order valence-corrected chi connectivity index (χ4v) is 2.90. The zero-order valence-corrected chi connectivity index (χ0v) is 11.0. The molecule has 2 fully saturated rings. The van der Waals surface area contributed by atoms with E-state index < -0.39 is 0 Å². The summed E-state index contributed by atoms with van der Waals surface area (Å²) in [6, 6.07) is 0.711. The Morgan fingerprint density at radius 2 is 2.12 bits per heavy atom. The van der Waals surface area contributed by atoms with Gasteiger partial charge in [0.1, 0.15) is 0 Å². The third-order valence-electron chi connectivity index (χ3n) is 3.97. The molecule has 16 heavy (non-hydrogen) atoms. The highest BCUT2D eigenvalue weighted by molar-refractivity contribution is 4.85. The lowest BCUT2D eigenvalue weighted by atomic mass is 9.99. The third kappa shape index (κ3) is 2.96. The monoisotopic (exact) mass is 226 g/mol. The Balaban J connectivity index is 1.89. The van der Waals surface area contributed by atoms with E-state index in [1.807, 2.05) is 0 Å². The average molecular weight is 226 g/mol. The molecule has 2 aliphatic heterocycles. The molecule has 2 aliphatic rings. The van der Waals surface area contributed by atoms with Gasteiger partial charge in [-0.05, 0) is 25.8 Å². The molecule has 2 atom stereocenters. The summed E-state index contributed by atoms with van der Waals surface area (Å²) < 4.78 is 5.76. The lowest BCUT2D eigenvalue weighted by Gasteiger charge is -2.43. The van der Waals surface area contributed by atoms with E-state index in [1.165, 1.54) is 32.5 Å². The van der Waals surface area contributed by atoms with Crippen LogP contribution in [0.3, 0.4) is 0 Å². The zero-order chi connectivity index (χ0) is 11.5. The van der Waals surface area contributed by atoms with Crippen molar-refractivity contribution < 1.29 is 4.74 Å². The molecule has 3 nitrogen and oxygen atoms in total. The molecule has 2 saturated heterocycles. The molecule has 2 rings (SSSR count). The van der Waals surface area contributed by atoms with Gasteiger partial charge in [-0.1, -0.05) is 13.8 Å². The zero-order valence-electron chi connectivity index (χ0n) is 11.0. The van der Waals surface area contributed by atoms with Crippen LogP contribution in [0.1, 0.15) is 26.7 Å². The Labute approximate surface area is 99.7 Å². The predicted molar refractivity (Wildman–Crippen MR) is 66.7 cm³/mol. The van der Waals surface area contributed by atoms with Crippen LogP contribution < -0.4 is 0 Å². The number of likely N-dealkylation sites (N-methyl/N-ethyl adjacent to an activating group) is 1. The number of hydrogen-bond acceptors (Lipinski definition) is 3. The normalized spacial score (nSPS) is 33.8. The van der Waals surface area contributed by atoms with Gasteiger partial charge in [-0.3, -0.25) is 4.90 Å². The Morgan fingerprint density at radius 1 is 1.31 bits per heavy atom. The van der Waals surface area contributed by atoms with Crippen LogP contribution >= 0.6 is 0 Å². The number of nitrogens with zero attached hydrogens (tertiary/aromatic N) is 2. The van der Waals surface area contributed by atoms with E-state index in [4.69, 9.17) is 4.74 Å². The molecule has 0 saturated carbocycles. The van der Waals surface area contributed by atoms with Gasteiger partial charge in [0.25, 0.3) is 0 Å². The van der Waals surface area contributed by atoms with Crippen molar-refractivity contribution in [2.75, 3.05) is 39.8 Å². The molecule has 3 heteroatoms. The standard InChI is InChI=1S/C13H26N2O/c1-11(2)13-10-14(3)6-7-15(13)9-12-5-4-8-16-12/h11-13H,4-10H2,1-3H3/t12?,13-/m1/s1. The minimum atomic E-state index is 0.504. The Kier molecular flexibility index (Phi) is 4.22. The highest BCUT2D eigenvalue weighted by atomic mass is 16.5. The maximum atomic E-state index is 5.76. The average Bonchev–Trinajstić information content (AvgIpc) is 2.73. The Hall–Kier alpha value is -0.120. The van der Waals surface area contributed by atoms with Gasteiger partial charge in [0.2, 0.25) is 0 Å². The second kappa shape index (κ2) is 5.48. The number of ether oxygens (including phenoxy) is 1. The van der Waals surface area contributed by atoms with Crippen LogP contribution in [0.25, 0.3) is 0 Å². The van der Waals surface area contributed by atoms with Crippen LogP contribution in [0.4, 0.5) is 0 Å². The van der Waals surface area contributed by atoms with E-state index >= 15 is 0 Å². The van der Waals surface area contributed by atoms with Crippen LogP contribution in [0, 0.1) is 5.92 Å². The molecular formula is C13H26N2O. The molecule has 0 radical (unpaired) electrons. The van der Waals surface area contributed by atoms with Crippen LogP contribution in [0.2, 0.25) is 0 Å². The van der Waals surface area contributed by atoms with Gasteiger partial charge in [0, 0.05) is 38.8 Å². The third-order valence-corrected chi connectivity index (χ3v) is 3.97. The Morgan fingerprint density at radius 3 is 2.75 bits per heavy atom. The largest absolute Gasteiger partial charge is 0.377 e. The van der Waals surface area contributed by atoms with Crippen molar-refractivity contribution in [3.63, 3.8) is 0 Å². The molecular weight excluding hydrogens is 200 g/mol. The SMILES string of the molecule is CC(C)[C@H]1CN(C)CCN1CC1CCCO1. The second-order valence-electron chi connectivity index (χ2n) is 5.70.